The van der Waals surface area contributed by atoms with Gasteiger partial charge in [-0.1, -0.05) is 18.2 Å². The predicted octanol–water partition coefficient (Wildman–Crippen LogP) is 2.72. The number of nitrogens with zero attached hydrogens (tertiary/aromatic N) is 1. The van der Waals surface area contributed by atoms with E-state index in [0.717, 1.165) is 6.07 Å². The van der Waals surface area contributed by atoms with Gasteiger partial charge in [0, 0.05) is 18.9 Å². The number of hydrogen-bond donors (Lipinski definition) is 2. The summed E-state index contributed by atoms with van der Waals surface area (Å²) >= 11 is 0. The van der Waals surface area contributed by atoms with Crippen molar-refractivity contribution in [3.63, 3.8) is 0 Å². The van der Waals surface area contributed by atoms with Gasteiger partial charge in [0.05, 0.1) is 12.1 Å². The van der Waals surface area contributed by atoms with Gasteiger partial charge >= 0.3 is 6.18 Å². The maximum atomic E-state index is 12.7. The SMILES string of the molecule is FC(F)(F)c1ccccc1CNCc1ncc[nH]1. The van der Waals surface area contributed by atoms with Crippen LogP contribution in [-0.4, -0.2) is 9.97 Å². The van der Waals surface area contributed by atoms with E-state index in [1.165, 1.54) is 12.1 Å². The molecule has 0 radical (unpaired) electrons. The molecule has 96 valence electrons. The van der Waals surface area contributed by atoms with E-state index in [2.05, 4.69) is 15.3 Å². The van der Waals surface area contributed by atoms with Crippen LogP contribution in [0.4, 0.5) is 13.2 Å². The van der Waals surface area contributed by atoms with Crippen LogP contribution in [0.5, 0.6) is 0 Å². The average Bonchev–Trinajstić information content (AvgIpc) is 2.81. The second-order valence-electron chi connectivity index (χ2n) is 3.79. The van der Waals surface area contributed by atoms with E-state index < -0.39 is 11.7 Å². The molecule has 2 aromatic rings. The summed E-state index contributed by atoms with van der Waals surface area (Å²) in [5.41, 5.74) is -0.367. The van der Waals surface area contributed by atoms with Crippen LogP contribution >= 0.6 is 0 Å². The number of hydrogen-bond acceptors (Lipinski definition) is 2. The maximum absolute atomic E-state index is 12.7. The molecule has 1 heterocycles. The Balaban J connectivity index is 2.01. The van der Waals surface area contributed by atoms with Gasteiger partial charge in [-0.25, -0.2) is 4.98 Å². The minimum absolute atomic E-state index is 0.149. The van der Waals surface area contributed by atoms with E-state index in [4.69, 9.17) is 0 Å². The number of rotatable bonds is 4. The fraction of sp³-hybridized carbons (Fsp3) is 0.250. The van der Waals surface area contributed by atoms with Crippen LogP contribution in [0.2, 0.25) is 0 Å². The molecule has 0 aliphatic carbocycles. The third-order valence-electron chi connectivity index (χ3n) is 2.49. The van der Waals surface area contributed by atoms with Crippen LogP contribution in [0.1, 0.15) is 17.0 Å². The van der Waals surface area contributed by atoms with Gasteiger partial charge in [0.2, 0.25) is 0 Å². The lowest BCUT2D eigenvalue weighted by Crippen LogP contribution is -2.17. The predicted molar refractivity (Wildman–Crippen MR) is 60.6 cm³/mol. The van der Waals surface area contributed by atoms with E-state index >= 15 is 0 Å². The molecule has 0 saturated heterocycles. The van der Waals surface area contributed by atoms with E-state index in [-0.39, 0.29) is 12.1 Å². The Kier molecular flexibility index (Phi) is 3.66. The molecule has 0 aliphatic heterocycles. The van der Waals surface area contributed by atoms with Crippen LogP contribution in [0.25, 0.3) is 0 Å². The molecular formula is C12H12F3N3. The van der Waals surface area contributed by atoms with Gasteiger partial charge in [-0.3, -0.25) is 0 Å². The summed E-state index contributed by atoms with van der Waals surface area (Å²) < 4.78 is 38.1. The minimum atomic E-state index is -4.32. The smallest absolute Gasteiger partial charge is 0.348 e. The number of aromatic amines is 1. The summed E-state index contributed by atoms with van der Waals surface area (Å²) in [6, 6.07) is 5.54. The second kappa shape index (κ2) is 5.22. The number of benzene rings is 1. The highest BCUT2D eigenvalue weighted by Gasteiger charge is 2.32. The molecule has 18 heavy (non-hydrogen) atoms. The number of halogens is 3. The first-order valence-electron chi connectivity index (χ1n) is 5.41. The molecule has 1 aromatic heterocycles. The van der Waals surface area contributed by atoms with Crippen molar-refractivity contribution in [1.29, 1.82) is 0 Å². The van der Waals surface area contributed by atoms with Crippen molar-refractivity contribution in [2.45, 2.75) is 19.3 Å². The number of alkyl halides is 3. The van der Waals surface area contributed by atoms with Crippen LogP contribution in [-0.2, 0) is 19.3 Å². The molecule has 0 aliphatic rings. The van der Waals surface area contributed by atoms with E-state index in [0.29, 0.717) is 12.4 Å². The topological polar surface area (TPSA) is 40.7 Å². The zero-order valence-electron chi connectivity index (χ0n) is 9.46. The first-order valence-corrected chi connectivity index (χ1v) is 5.41. The quantitative estimate of drug-likeness (QED) is 0.881. The first-order chi connectivity index (χ1) is 8.57. The van der Waals surface area contributed by atoms with Crippen LogP contribution in [0.3, 0.4) is 0 Å². The Labute approximate surface area is 102 Å². The van der Waals surface area contributed by atoms with Crippen molar-refractivity contribution < 1.29 is 13.2 Å². The molecule has 0 bridgehead atoms. The van der Waals surface area contributed by atoms with Gasteiger partial charge < -0.3 is 10.3 Å². The lowest BCUT2D eigenvalue weighted by Gasteiger charge is -2.12. The van der Waals surface area contributed by atoms with Crippen molar-refractivity contribution in [2.24, 2.45) is 0 Å². The summed E-state index contributed by atoms with van der Waals surface area (Å²) in [4.78, 5) is 6.85. The molecule has 2 rings (SSSR count). The molecular weight excluding hydrogens is 243 g/mol. The molecule has 6 heteroatoms. The summed E-state index contributed by atoms with van der Waals surface area (Å²) in [5.74, 6) is 0.694. The van der Waals surface area contributed by atoms with Crippen molar-refractivity contribution in [2.75, 3.05) is 0 Å². The minimum Gasteiger partial charge on any atom is -0.348 e. The largest absolute Gasteiger partial charge is 0.416 e. The van der Waals surface area contributed by atoms with Crippen molar-refractivity contribution in [3.8, 4) is 0 Å². The zero-order valence-corrected chi connectivity index (χ0v) is 9.46. The average molecular weight is 255 g/mol. The molecule has 0 atom stereocenters. The Hall–Kier alpha value is -1.82. The molecule has 3 nitrogen and oxygen atoms in total. The maximum Gasteiger partial charge on any atom is 0.416 e. The summed E-state index contributed by atoms with van der Waals surface area (Å²) in [6.45, 7) is 0.551. The third kappa shape index (κ3) is 3.10. The Morgan fingerprint density at radius 3 is 2.61 bits per heavy atom. The molecule has 0 fully saturated rings. The van der Waals surface area contributed by atoms with Crippen molar-refractivity contribution in [3.05, 3.63) is 53.6 Å². The Bertz CT molecular complexity index is 492. The molecule has 1 aromatic carbocycles. The van der Waals surface area contributed by atoms with Crippen LogP contribution < -0.4 is 5.32 Å². The summed E-state index contributed by atoms with van der Waals surface area (Å²) in [7, 11) is 0. The molecule has 0 saturated carbocycles. The van der Waals surface area contributed by atoms with Gasteiger partial charge in [-0.2, -0.15) is 13.2 Å². The highest BCUT2D eigenvalue weighted by Crippen LogP contribution is 2.31. The highest BCUT2D eigenvalue weighted by molar-refractivity contribution is 5.29. The van der Waals surface area contributed by atoms with E-state index in [1.807, 2.05) is 0 Å². The van der Waals surface area contributed by atoms with Gasteiger partial charge in [-0.05, 0) is 11.6 Å². The molecule has 2 N–H and O–H groups in total. The lowest BCUT2D eigenvalue weighted by atomic mass is 10.1. The van der Waals surface area contributed by atoms with Crippen LogP contribution in [0, 0.1) is 0 Å². The third-order valence-corrected chi connectivity index (χ3v) is 2.49. The molecule has 0 amide bonds. The Morgan fingerprint density at radius 2 is 1.94 bits per heavy atom. The first kappa shape index (κ1) is 12.6. The van der Waals surface area contributed by atoms with E-state index in [9.17, 15) is 13.2 Å². The highest BCUT2D eigenvalue weighted by atomic mass is 19.4. The van der Waals surface area contributed by atoms with Gasteiger partial charge in [0.15, 0.2) is 0 Å². The second-order valence-corrected chi connectivity index (χ2v) is 3.79. The summed E-state index contributed by atoms with van der Waals surface area (Å²) in [5, 5.41) is 2.92. The van der Waals surface area contributed by atoms with Crippen molar-refractivity contribution >= 4 is 0 Å². The Morgan fingerprint density at radius 1 is 1.17 bits per heavy atom. The number of nitrogens with one attached hydrogen (secondary N) is 2. The van der Waals surface area contributed by atoms with Gasteiger partial charge in [0.1, 0.15) is 5.82 Å². The van der Waals surface area contributed by atoms with Gasteiger partial charge in [-0.15, -0.1) is 0 Å². The monoisotopic (exact) mass is 255 g/mol. The van der Waals surface area contributed by atoms with Crippen LogP contribution in [0.15, 0.2) is 36.7 Å². The standard InChI is InChI=1S/C12H12F3N3/c13-12(14,15)10-4-2-1-3-9(10)7-16-8-11-17-5-6-18-11/h1-6,16H,7-8H2,(H,17,18). The zero-order chi connectivity index (χ0) is 13.0. The number of imidazole rings is 1. The van der Waals surface area contributed by atoms with E-state index in [1.54, 1.807) is 18.5 Å². The number of aromatic nitrogens is 2. The molecule has 0 unspecified atom stereocenters. The molecule has 0 spiro atoms. The lowest BCUT2D eigenvalue weighted by molar-refractivity contribution is -0.138. The fourth-order valence-electron chi connectivity index (χ4n) is 1.66. The number of H-pyrrole nitrogens is 1. The van der Waals surface area contributed by atoms with Gasteiger partial charge in [0.25, 0.3) is 0 Å². The fourth-order valence-corrected chi connectivity index (χ4v) is 1.66. The van der Waals surface area contributed by atoms with Crippen molar-refractivity contribution in [1.82, 2.24) is 15.3 Å². The normalized spacial score (nSPS) is 11.7. The summed E-state index contributed by atoms with van der Waals surface area (Å²) in [6.07, 6.45) is -1.05.